The maximum Gasteiger partial charge on any atom is 0.406 e. The zero-order valence-corrected chi connectivity index (χ0v) is 16.3. The average molecular weight is 427 g/mol. The van der Waals surface area contributed by atoms with Crippen LogP contribution in [-0.4, -0.2) is 40.0 Å². The first-order chi connectivity index (χ1) is 13.0. The topological polar surface area (TPSA) is 81.9 Å². The van der Waals surface area contributed by atoms with Crippen molar-refractivity contribution in [3.05, 3.63) is 63.1 Å². The molecule has 1 amide bonds. The van der Waals surface area contributed by atoms with Crippen LogP contribution in [0, 0.1) is 0 Å². The monoisotopic (exact) mass is 425 g/mol. The van der Waals surface area contributed by atoms with Crippen molar-refractivity contribution in [1.82, 2.24) is 25.5 Å². The van der Waals surface area contributed by atoms with E-state index in [1.54, 1.807) is 30.3 Å². The lowest BCUT2D eigenvalue weighted by atomic mass is 10.1. The molecule has 1 N–H and O–H groups in total. The van der Waals surface area contributed by atoms with E-state index < -0.39 is 12.1 Å². The van der Waals surface area contributed by atoms with Gasteiger partial charge in [-0.1, -0.05) is 59.1 Å². The predicted molar refractivity (Wildman–Crippen MR) is 103 cm³/mol. The fourth-order valence-electron chi connectivity index (χ4n) is 2.52. The molecule has 10 heteroatoms. The minimum atomic E-state index is -0.581. The summed E-state index contributed by atoms with van der Waals surface area (Å²) < 4.78 is 6.75. The van der Waals surface area contributed by atoms with Crippen molar-refractivity contribution in [2.75, 3.05) is 13.7 Å². The van der Waals surface area contributed by atoms with Crippen LogP contribution in [0.2, 0.25) is 15.1 Å². The number of aromatic nitrogens is 4. The zero-order valence-electron chi connectivity index (χ0n) is 14.1. The van der Waals surface area contributed by atoms with Gasteiger partial charge in [-0.25, -0.2) is 9.48 Å². The van der Waals surface area contributed by atoms with Gasteiger partial charge < -0.3 is 10.1 Å². The molecule has 0 radical (unpaired) electrons. The van der Waals surface area contributed by atoms with Gasteiger partial charge in [-0.05, 0) is 34.2 Å². The Balaban J connectivity index is 2.09. The number of carbonyl (C=O) groups is 1. The zero-order chi connectivity index (χ0) is 19.4. The van der Waals surface area contributed by atoms with Crippen LogP contribution in [0.3, 0.4) is 0 Å². The Bertz CT molecular complexity index is 963. The van der Waals surface area contributed by atoms with Crippen LogP contribution in [0.1, 0.15) is 11.6 Å². The number of rotatable bonds is 5. The highest BCUT2D eigenvalue weighted by molar-refractivity contribution is 6.43. The molecule has 7 nitrogen and oxygen atoms in total. The second-order valence-electron chi connectivity index (χ2n) is 5.43. The smallest absolute Gasteiger partial charge is 0.406 e. The maximum absolute atomic E-state index is 11.6. The normalized spacial score (nSPS) is 11.9. The fraction of sp³-hybridized carbons (Fsp3) is 0.176. The summed E-state index contributed by atoms with van der Waals surface area (Å²) in [5.74, 6) is 0.368. The van der Waals surface area contributed by atoms with Gasteiger partial charge in [0.05, 0.1) is 10.0 Å². The van der Waals surface area contributed by atoms with Crippen LogP contribution in [0.25, 0.3) is 11.4 Å². The Kier molecular flexibility index (Phi) is 6.15. The molecule has 1 atom stereocenters. The van der Waals surface area contributed by atoms with E-state index in [1.165, 1.54) is 11.7 Å². The van der Waals surface area contributed by atoms with Gasteiger partial charge in [0, 0.05) is 17.6 Å². The molecule has 1 aromatic heterocycles. The van der Waals surface area contributed by atoms with Gasteiger partial charge in [0.25, 0.3) is 0 Å². The SMILES string of the molecule is CNC(=O)OCC(c1ccccc1Cl)n1nnnc1-c1cccc(Cl)c1Cl. The minimum Gasteiger partial charge on any atom is -0.447 e. The lowest BCUT2D eigenvalue weighted by molar-refractivity contribution is 0.134. The van der Waals surface area contributed by atoms with Crippen molar-refractivity contribution in [1.29, 1.82) is 0 Å². The number of ether oxygens (including phenoxy) is 1. The molecule has 0 saturated carbocycles. The molecule has 1 heterocycles. The lowest BCUT2D eigenvalue weighted by Crippen LogP contribution is -2.26. The number of tetrazole rings is 1. The summed E-state index contributed by atoms with van der Waals surface area (Å²) in [5.41, 5.74) is 1.24. The van der Waals surface area contributed by atoms with E-state index in [4.69, 9.17) is 39.5 Å². The molecule has 0 spiro atoms. The van der Waals surface area contributed by atoms with Crippen molar-refractivity contribution in [3.63, 3.8) is 0 Å². The standard InChI is InChI=1S/C17H14Cl3N5O2/c1-21-17(26)27-9-14(10-5-2-3-7-12(10)18)25-16(22-23-24-25)11-6-4-8-13(19)15(11)20/h2-8,14H,9H2,1H3,(H,21,26). The number of benzene rings is 2. The Hall–Kier alpha value is -2.35. The molecular formula is C17H14Cl3N5O2. The number of amides is 1. The van der Waals surface area contributed by atoms with E-state index in [9.17, 15) is 4.79 Å². The predicted octanol–water partition coefficient (Wildman–Crippen LogP) is 4.25. The molecular weight excluding hydrogens is 413 g/mol. The van der Waals surface area contributed by atoms with Crippen LogP contribution in [0.15, 0.2) is 42.5 Å². The Labute approximate surface area is 170 Å². The van der Waals surface area contributed by atoms with Crippen molar-refractivity contribution >= 4 is 40.9 Å². The van der Waals surface area contributed by atoms with Gasteiger partial charge in [0.1, 0.15) is 12.6 Å². The molecule has 3 rings (SSSR count). The third kappa shape index (κ3) is 4.16. The summed E-state index contributed by atoms with van der Waals surface area (Å²) >= 11 is 18.8. The van der Waals surface area contributed by atoms with Gasteiger partial charge in [-0.3, -0.25) is 0 Å². The van der Waals surface area contributed by atoms with Crippen LogP contribution in [-0.2, 0) is 4.74 Å². The maximum atomic E-state index is 11.6. The second-order valence-corrected chi connectivity index (χ2v) is 6.63. The van der Waals surface area contributed by atoms with E-state index >= 15 is 0 Å². The molecule has 140 valence electrons. The number of alkyl carbamates (subject to hydrolysis) is 1. The van der Waals surface area contributed by atoms with Crippen LogP contribution in [0.4, 0.5) is 4.79 Å². The molecule has 0 fully saturated rings. The summed E-state index contributed by atoms with van der Waals surface area (Å²) in [6, 6.07) is 11.8. The van der Waals surface area contributed by atoms with Gasteiger partial charge in [0.15, 0.2) is 5.82 Å². The van der Waals surface area contributed by atoms with Crippen molar-refractivity contribution in [2.45, 2.75) is 6.04 Å². The number of hydrogen-bond donors (Lipinski definition) is 1. The van der Waals surface area contributed by atoms with Crippen molar-refractivity contribution in [3.8, 4) is 11.4 Å². The summed E-state index contributed by atoms with van der Waals surface area (Å²) in [4.78, 5) is 11.6. The van der Waals surface area contributed by atoms with Gasteiger partial charge in [-0.2, -0.15) is 0 Å². The summed E-state index contributed by atoms with van der Waals surface area (Å²) in [7, 11) is 1.47. The molecule has 3 aromatic rings. The highest BCUT2D eigenvalue weighted by Crippen LogP contribution is 2.35. The van der Waals surface area contributed by atoms with E-state index in [-0.39, 0.29) is 6.61 Å². The molecule has 0 aliphatic rings. The van der Waals surface area contributed by atoms with Crippen LogP contribution >= 0.6 is 34.8 Å². The molecule has 2 aromatic carbocycles. The first-order valence-electron chi connectivity index (χ1n) is 7.84. The Morgan fingerprint density at radius 2 is 1.89 bits per heavy atom. The number of nitrogens with one attached hydrogen (secondary N) is 1. The lowest BCUT2D eigenvalue weighted by Gasteiger charge is -2.20. The van der Waals surface area contributed by atoms with Crippen molar-refractivity contribution in [2.24, 2.45) is 0 Å². The first kappa shape index (κ1) is 19.4. The summed E-state index contributed by atoms with van der Waals surface area (Å²) in [5, 5.41) is 15.5. The summed E-state index contributed by atoms with van der Waals surface area (Å²) in [6.45, 7) is -0.0420. The average Bonchev–Trinajstić information content (AvgIpc) is 3.14. The van der Waals surface area contributed by atoms with Gasteiger partial charge >= 0.3 is 6.09 Å². The highest BCUT2D eigenvalue weighted by Gasteiger charge is 2.25. The van der Waals surface area contributed by atoms with E-state index in [2.05, 4.69) is 20.8 Å². The largest absolute Gasteiger partial charge is 0.447 e. The van der Waals surface area contributed by atoms with Gasteiger partial charge in [-0.15, -0.1) is 5.10 Å². The molecule has 1 unspecified atom stereocenters. The Morgan fingerprint density at radius 1 is 1.15 bits per heavy atom. The van der Waals surface area contributed by atoms with Crippen molar-refractivity contribution < 1.29 is 9.53 Å². The third-order valence-corrected chi connectivity index (χ3v) is 4.98. The second kappa shape index (κ2) is 8.56. The fourth-order valence-corrected chi connectivity index (χ4v) is 3.17. The number of hydrogen-bond acceptors (Lipinski definition) is 5. The van der Waals surface area contributed by atoms with E-state index in [0.29, 0.717) is 32.0 Å². The molecule has 0 bridgehead atoms. The quantitative estimate of drug-likeness (QED) is 0.659. The molecule has 0 aliphatic heterocycles. The van der Waals surface area contributed by atoms with Crippen LogP contribution in [0.5, 0.6) is 0 Å². The number of nitrogens with zero attached hydrogens (tertiary/aromatic N) is 4. The molecule has 0 saturated heterocycles. The summed E-state index contributed by atoms with van der Waals surface area (Å²) in [6.07, 6.45) is -0.581. The Morgan fingerprint density at radius 3 is 2.63 bits per heavy atom. The number of halogens is 3. The molecule has 27 heavy (non-hydrogen) atoms. The first-order valence-corrected chi connectivity index (χ1v) is 8.97. The minimum absolute atomic E-state index is 0.0420. The number of carbonyl (C=O) groups excluding carboxylic acids is 1. The van der Waals surface area contributed by atoms with E-state index in [0.717, 1.165) is 0 Å². The highest BCUT2D eigenvalue weighted by atomic mass is 35.5. The van der Waals surface area contributed by atoms with Gasteiger partial charge in [0.2, 0.25) is 0 Å². The van der Waals surface area contributed by atoms with E-state index in [1.807, 2.05) is 12.1 Å². The third-order valence-electron chi connectivity index (χ3n) is 3.82. The molecule has 0 aliphatic carbocycles. The van der Waals surface area contributed by atoms with Crippen LogP contribution < -0.4 is 5.32 Å².